The molecule has 2 amide bonds. The van der Waals surface area contributed by atoms with Crippen LogP contribution < -0.4 is 5.32 Å². The first-order chi connectivity index (χ1) is 13.3. The Hall–Kier alpha value is -2.68. The molecular formula is C19H29N7O2. The Labute approximate surface area is 165 Å². The monoisotopic (exact) mass is 387 g/mol. The van der Waals surface area contributed by atoms with Crippen LogP contribution in [0.2, 0.25) is 0 Å². The highest BCUT2D eigenvalue weighted by Gasteiger charge is 2.45. The van der Waals surface area contributed by atoms with Crippen LogP contribution in [-0.4, -0.2) is 68.4 Å². The van der Waals surface area contributed by atoms with E-state index in [0.29, 0.717) is 26.1 Å². The molecule has 1 aliphatic heterocycles. The predicted octanol–water partition coefficient (Wildman–Crippen LogP) is 0.140. The molecular weight excluding hydrogens is 358 g/mol. The van der Waals surface area contributed by atoms with E-state index < -0.39 is 5.41 Å². The Morgan fingerprint density at radius 3 is 2.11 bits per heavy atom. The first kappa shape index (κ1) is 20.1. The van der Waals surface area contributed by atoms with Gasteiger partial charge in [0.2, 0.25) is 11.8 Å². The number of rotatable bonds is 7. The van der Waals surface area contributed by atoms with Gasteiger partial charge in [-0.3, -0.25) is 19.0 Å². The summed E-state index contributed by atoms with van der Waals surface area (Å²) in [6.07, 6.45) is 8.17. The number of nitrogens with one attached hydrogen (secondary N) is 1. The van der Waals surface area contributed by atoms with E-state index in [9.17, 15) is 9.59 Å². The molecule has 152 valence electrons. The number of carbonyl (C=O) groups is 2. The van der Waals surface area contributed by atoms with Gasteiger partial charge >= 0.3 is 0 Å². The van der Waals surface area contributed by atoms with Crippen molar-refractivity contribution in [3.05, 3.63) is 35.9 Å². The lowest BCUT2D eigenvalue weighted by molar-refractivity contribution is -0.146. The van der Waals surface area contributed by atoms with Crippen molar-refractivity contribution in [1.82, 2.24) is 34.7 Å². The lowest BCUT2D eigenvalue weighted by Crippen LogP contribution is -2.46. The maximum atomic E-state index is 13.3. The molecule has 1 aliphatic rings. The van der Waals surface area contributed by atoms with E-state index in [4.69, 9.17) is 0 Å². The molecule has 2 aromatic heterocycles. The molecule has 0 aromatic carbocycles. The van der Waals surface area contributed by atoms with Crippen LogP contribution in [0, 0.1) is 5.41 Å². The van der Waals surface area contributed by atoms with E-state index in [1.165, 1.54) is 0 Å². The van der Waals surface area contributed by atoms with Crippen LogP contribution in [0.5, 0.6) is 0 Å². The molecule has 9 heteroatoms. The minimum atomic E-state index is -0.697. The lowest BCUT2D eigenvalue weighted by Gasteiger charge is -2.32. The molecule has 9 nitrogen and oxygen atoms in total. The van der Waals surface area contributed by atoms with E-state index in [-0.39, 0.29) is 18.2 Å². The third kappa shape index (κ3) is 4.41. The van der Waals surface area contributed by atoms with Crippen molar-refractivity contribution in [2.24, 2.45) is 19.5 Å². The van der Waals surface area contributed by atoms with Crippen LogP contribution in [-0.2, 0) is 36.8 Å². The molecule has 1 unspecified atom stereocenters. The standard InChI is InChI=1S/C19H29N7O2/c1-23(10-15-8-21-25(3)12-15)17(27)7-19(5-6-20-14-19)18(28)24(2)11-16-9-22-26(4)13-16/h8-9,12-13,20H,5-7,10-11,14H2,1-4H3. The van der Waals surface area contributed by atoms with Crippen molar-refractivity contribution in [2.45, 2.75) is 25.9 Å². The van der Waals surface area contributed by atoms with Gasteiger partial charge in [-0.15, -0.1) is 0 Å². The highest BCUT2D eigenvalue weighted by molar-refractivity contribution is 5.89. The van der Waals surface area contributed by atoms with Gasteiger partial charge in [0, 0.05) is 77.8 Å². The van der Waals surface area contributed by atoms with Gasteiger partial charge in [0.25, 0.3) is 0 Å². The Morgan fingerprint density at radius 2 is 1.64 bits per heavy atom. The van der Waals surface area contributed by atoms with Gasteiger partial charge in [0.05, 0.1) is 17.8 Å². The van der Waals surface area contributed by atoms with Crippen molar-refractivity contribution in [2.75, 3.05) is 27.2 Å². The maximum Gasteiger partial charge on any atom is 0.230 e. The number of nitrogens with zero attached hydrogens (tertiary/aromatic N) is 6. The van der Waals surface area contributed by atoms with Crippen LogP contribution in [0.25, 0.3) is 0 Å². The second kappa shape index (κ2) is 8.14. The zero-order valence-electron chi connectivity index (χ0n) is 17.1. The number of amides is 2. The summed E-state index contributed by atoms with van der Waals surface area (Å²) in [4.78, 5) is 29.5. The molecule has 3 rings (SSSR count). The van der Waals surface area contributed by atoms with Crippen LogP contribution >= 0.6 is 0 Å². The average molecular weight is 387 g/mol. The summed E-state index contributed by atoms with van der Waals surface area (Å²) in [5.74, 6) is -0.0276. The largest absolute Gasteiger partial charge is 0.341 e. The van der Waals surface area contributed by atoms with Crippen LogP contribution in [0.15, 0.2) is 24.8 Å². The Balaban J connectivity index is 1.66. The van der Waals surface area contributed by atoms with Gasteiger partial charge in [-0.2, -0.15) is 10.2 Å². The Kier molecular flexibility index (Phi) is 5.83. The minimum absolute atomic E-state index is 0.00415. The number of carbonyl (C=O) groups excluding carboxylic acids is 2. The summed E-state index contributed by atoms with van der Waals surface area (Å²) < 4.78 is 3.43. The average Bonchev–Trinajstić information content (AvgIpc) is 3.37. The van der Waals surface area contributed by atoms with Crippen molar-refractivity contribution in [1.29, 1.82) is 0 Å². The molecule has 1 fully saturated rings. The summed E-state index contributed by atoms with van der Waals surface area (Å²) >= 11 is 0. The molecule has 1 saturated heterocycles. The number of aromatic nitrogens is 4. The first-order valence-corrected chi connectivity index (χ1v) is 9.44. The number of hydrogen-bond donors (Lipinski definition) is 1. The number of aryl methyl sites for hydroxylation is 2. The molecule has 28 heavy (non-hydrogen) atoms. The fraction of sp³-hybridized carbons (Fsp3) is 0.579. The molecule has 0 aliphatic carbocycles. The third-order valence-electron chi connectivity index (χ3n) is 5.32. The van der Waals surface area contributed by atoms with Crippen LogP contribution in [0.1, 0.15) is 24.0 Å². The van der Waals surface area contributed by atoms with Crippen molar-refractivity contribution in [3.8, 4) is 0 Å². The molecule has 3 heterocycles. The van der Waals surface area contributed by atoms with Crippen molar-refractivity contribution < 1.29 is 9.59 Å². The molecule has 2 aromatic rings. The van der Waals surface area contributed by atoms with Gasteiger partial charge in [-0.05, 0) is 13.0 Å². The number of hydrogen-bond acceptors (Lipinski definition) is 5. The zero-order valence-corrected chi connectivity index (χ0v) is 17.1. The van der Waals surface area contributed by atoms with Gasteiger partial charge in [0.15, 0.2) is 0 Å². The van der Waals surface area contributed by atoms with Crippen LogP contribution in [0.4, 0.5) is 0 Å². The fourth-order valence-corrected chi connectivity index (χ4v) is 3.80. The highest BCUT2D eigenvalue weighted by atomic mass is 16.2. The zero-order chi connectivity index (χ0) is 20.3. The normalized spacial score (nSPS) is 19.0. The quantitative estimate of drug-likeness (QED) is 0.730. The molecule has 0 saturated carbocycles. The Bertz CT molecular complexity index is 835. The molecule has 0 bridgehead atoms. The van der Waals surface area contributed by atoms with E-state index in [0.717, 1.165) is 17.7 Å². The third-order valence-corrected chi connectivity index (χ3v) is 5.32. The van der Waals surface area contributed by atoms with E-state index >= 15 is 0 Å². The van der Waals surface area contributed by atoms with Gasteiger partial charge in [0.1, 0.15) is 0 Å². The SMILES string of the molecule is CN(Cc1cnn(C)c1)C(=O)CC1(C(=O)N(C)Cc2cnn(C)c2)CCNC1. The van der Waals surface area contributed by atoms with Gasteiger partial charge in [-0.1, -0.05) is 0 Å². The smallest absolute Gasteiger partial charge is 0.230 e. The minimum Gasteiger partial charge on any atom is -0.341 e. The lowest BCUT2D eigenvalue weighted by atomic mass is 9.81. The van der Waals surface area contributed by atoms with E-state index in [1.54, 1.807) is 45.7 Å². The maximum absolute atomic E-state index is 13.3. The highest BCUT2D eigenvalue weighted by Crippen LogP contribution is 2.33. The topological polar surface area (TPSA) is 88.3 Å². The summed E-state index contributed by atoms with van der Waals surface area (Å²) in [6, 6.07) is 0. The van der Waals surface area contributed by atoms with Gasteiger partial charge in [-0.25, -0.2) is 0 Å². The summed E-state index contributed by atoms with van der Waals surface area (Å²) in [6.45, 7) is 2.23. The Morgan fingerprint density at radius 1 is 1.07 bits per heavy atom. The first-order valence-electron chi connectivity index (χ1n) is 9.44. The fourth-order valence-electron chi connectivity index (χ4n) is 3.80. The predicted molar refractivity (Wildman–Crippen MR) is 104 cm³/mol. The van der Waals surface area contributed by atoms with Crippen molar-refractivity contribution in [3.63, 3.8) is 0 Å². The van der Waals surface area contributed by atoms with E-state index in [1.807, 2.05) is 26.5 Å². The van der Waals surface area contributed by atoms with Crippen LogP contribution in [0.3, 0.4) is 0 Å². The second-order valence-electron chi connectivity index (χ2n) is 7.84. The molecule has 0 radical (unpaired) electrons. The van der Waals surface area contributed by atoms with E-state index in [2.05, 4.69) is 15.5 Å². The molecule has 1 N–H and O–H groups in total. The molecule has 1 atom stereocenters. The molecule has 0 spiro atoms. The second-order valence-corrected chi connectivity index (χ2v) is 7.84. The summed E-state index contributed by atoms with van der Waals surface area (Å²) in [7, 11) is 7.26. The summed E-state index contributed by atoms with van der Waals surface area (Å²) in [5, 5.41) is 11.6. The van der Waals surface area contributed by atoms with Crippen molar-refractivity contribution >= 4 is 11.8 Å². The summed E-state index contributed by atoms with van der Waals surface area (Å²) in [5.41, 5.74) is 1.24. The van der Waals surface area contributed by atoms with Gasteiger partial charge < -0.3 is 15.1 Å².